The van der Waals surface area contributed by atoms with Gasteiger partial charge in [-0.3, -0.25) is 4.57 Å². The highest BCUT2D eigenvalue weighted by molar-refractivity contribution is 14.1. The summed E-state index contributed by atoms with van der Waals surface area (Å²) in [6, 6.07) is 7.32. The predicted octanol–water partition coefficient (Wildman–Crippen LogP) is 4.28. The fraction of sp³-hybridized carbons (Fsp3) is 0.500. The molecule has 4 N–H and O–H groups in total. The van der Waals surface area contributed by atoms with Crippen LogP contribution < -0.4 is 5.73 Å². The molecule has 0 aromatic heterocycles. The normalized spacial score (nSPS) is 20.0. The van der Waals surface area contributed by atoms with E-state index in [1.165, 1.54) is 12.5 Å². The van der Waals surface area contributed by atoms with Gasteiger partial charge < -0.3 is 15.7 Å². The van der Waals surface area contributed by atoms with Crippen LogP contribution in [-0.4, -0.2) is 27.9 Å². The van der Waals surface area contributed by atoms with E-state index in [9.17, 15) is 19.4 Å². The molecule has 1 fully saturated rings. The van der Waals surface area contributed by atoms with Gasteiger partial charge in [0.05, 0.1) is 11.9 Å². The zero-order valence-electron chi connectivity index (χ0n) is 14.1. The van der Waals surface area contributed by atoms with Gasteiger partial charge in [0.25, 0.3) is 0 Å². The summed E-state index contributed by atoms with van der Waals surface area (Å²) in [7, 11) is -3.78. The largest absolute Gasteiger partial charge is 0.478 e. The fourth-order valence-electron chi connectivity index (χ4n) is 3.26. The second-order valence-electron chi connectivity index (χ2n) is 6.75. The van der Waals surface area contributed by atoms with Crippen molar-refractivity contribution < 1.29 is 19.4 Å². The first-order valence-electron chi connectivity index (χ1n) is 8.54. The Balaban J connectivity index is 2.11. The number of carboxylic acid groups (broad SMARTS) is 1. The monoisotopic (exact) mass is 477 g/mol. The second-order valence-corrected chi connectivity index (χ2v) is 10.5. The molecule has 138 valence electrons. The third kappa shape index (κ3) is 6.51. The summed E-state index contributed by atoms with van der Waals surface area (Å²) in [6.07, 6.45) is 7.12. The lowest BCUT2D eigenvalue weighted by molar-refractivity contribution is -0.132. The molecule has 1 aliphatic carbocycles. The molecule has 0 radical (unpaired) electrons. The van der Waals surface area contributed by atoms with Crippen LogP contribution in [0.2, 0.25) is 0 Å². The lowest BCUT2D eigenvalue weighted by atomic mass is 9.87. The molecule has 5 nitrogen and oxygen atoms in total. The molecule has 1 saturated carbocycles. The van der Waals surface area contributed by atoms with E-state index >= 15 is 0 Å². The Hall–Kier alpha value is -0.690. The molecular formula is C18H25INO4P. The van der Waals surface area contributed by atoms with E-state index in [1.807, 2.05) is 18.2 Å². The first-order chi connectivity index (χ1) is 11.8. The van der Waals surface area contributed by atoms with Gasteiger partial charge in [-0.2, -0.15) is 0 Å². The van der Waals surface area contributed by atoms with Crippen molar-refractivity contribution in [3.63, 3.8) is 0 Å². The number of hydrogen-bond acceptors (Lipinski definition) is 3. The number of carboxylic acids is 1. The maximum atomic E-state index is 12.7. The van der Waals surface area contributed by atoms with Crippen molar-refractivity contribution in [3.8, 4) is 0 Å². The average molecular weight is 477 g/mol. The van der Waals surface area contributed by atoms with Crippen molar-refractivity contribution in [2.75, 3.05) is 6.16 Å². The third-order valence-corrected chi connectivity index (χ3v) is 7.39. The average Bonchev–Trinajstić information content (AvgIpc) is 2.55. The minimum Gasteiger partial charge on any atom is -0.478 e. The molecule has 25 heavy (non-hydrogen) atoms. The quantitative estimate of drug-likeness (QED) is 0.309. The van der Waals surface area contributed by atoms with Gasteiger partial charge in [0.2, 0.25) is 7.37 Å². The van der Waals surface area contributed by atoms with E-state index in [2.05, 4.69) is 22.6 Å². The van der Waals surface area contributed by atoms with Crippen molar-refractivity contribution in [2.45, 2.75) is 44.3 Å². The summed E-state index contributed by atoms with van der Waals surface area (Å²) in [6.45, 7) is 0. The van der Waals surface area contributed by atoms with Crippen LogP contribution in [0.1, 0.15) is 44.1 Å². The van der Waals surface area contributed by atoms with E-state index in [-0.39, 0.29) is 5.57 Å². The van der Waals surface area contributed by atoms with Crippen molar-refractivity contribution in [2.24, 2.45) is 11.7 Å². The van der Waals surface area contributed by atoms with E-state index in [0.29, 0.717) is 17.9 Å². The number of benzene rings is 1. The summed E-state index contributed by atoms with van der Waals surface area (Å²) in [5.74, 6) is -1.68. The van der Waals surface area contributed by atoms with Crippen LogP contribution in [0.25, 0.3) is 6.08 Å². The molecule has 1 aromatic rings. The highest BCUT2D eigenvalue weighted by Crippen LogP contribution is 2.49. The number of rotatable bonds is 7. The molecule has 0 heterocycles. The van der Waals surface area contributed by atoms with Gasteiger partial charge in [-0.1, -0.05) is 44.2 Å². The van der Waals surface area contributed by atoms with E-state index in [1.54, 1.807) is 6.07 Å². The zero-order valence-corrected chi connectivity index (χ0v) is 17.2. The fourth-order valence-corrected chi connectivity index (χ4v) is 5.41. The summed E-state index contributed by atoms with van der Waals surface area (Å²) in [5, 5.41) is 9.43. The van der Waals surface area contributed by atoms with Crippen LogP contribution in [0, 0.1) is 9.49 Å². The highest BCUT2D eigenvalue weighted by Gasteiger charge is 2.32. The first-order valence-corrected chi connectivity index (χ1v) is 11.5. The summed E-state index contributed by atoms with van der Waals surface area (Å²) < 4.78 is 13.7. The van der Waals surface area contributed by atoms with Crippen molar-refractivity contribution >= 4 is 42.0 Å². The number of nitrogens with two attached hydrogens (primary N) is 1. The van der Waals surface area contributed by atoms with Crippen molar-refractivity contribution in [1.82, 2.24) is 0 Å². The SMILES string of the molecule is NC(CC1CCCCC1)P(=O)(O)C/C(=C/c1cccc(I)c1)C(=O)O. The summed E-state index contributed by atoms with van der Waals surface area (Å²) in [4.78, 5) is 21.9. The van der Waals surface area contributed by atoms with Crippen LogP contribution in [-0.2, 0) is 9.36 Å². The predicted molar refractivity (Wildman–Crippen MR) is 109 cm³/mol. The summed E-state index contributed by atoms with van der Waals surface area (Å²) >= 11 is 2.14. The number of halogens is 1. The van der Waals surface area contributed by atoms with Crippen molar-refractivity contribution in [3.05, 3.63) is 39.0 Å². The van der Waals surface area contributed by atoms with Gasteiger partial charge in [-0.15, -0.1) is 0 Å². The van der Waals surface area contributed by atoms with Gasteiger partial charge in [0, 0.05) is 9.14 Å². The third-order valence-electron chi connectivity index (χ3n) is 4.68. The van der Waals surface area contributed by atoms with Crippen LogP contribution in [0.15, 0.2) is 29.8 Å². The topological polar surface area (TPSA) is 101 Å². The Morgan fingerprint density at radius 3 is 2.64 bits per heavy atom. The maximum Gasteiger partial charge on any atom is 0.332 e. The van der Waals surface area contributed by atoms with Gasteiger partial charge in [-0.05, 0) is 58.7 Å². The summed E-state index contributed by atoms with van der Waals surface area (Å²) in [5.41, 5.74) is 6.64. The molecule has 2 rings (SSSR count). The molecule has 0 saturated heterocycles. The molecule has 0 bridgehead atoms. The van der Waals surface area contributed by atoms with Crippen LogP contribution in [0.4, 0.5) is 0 Å². The van der Waals surface area contributed by atoms with Crippen LogP contribution >= 0.6 is 30.0 Å². The minimum atomic E-state index is -3.78. The Kier molecular flexibility index (Phi) is 7.68. The standard InChI is InChI=1S/C18H25INO4P/c19-16-8-4-7-14(10-16)9-15(18(21)22)12-25(23,24)17(20)11-13-5-2-1-3-6-13/h4,7-10,13,17H,1-3,5-6,11-12,20H2,(H,21,22)(H,23,24)/b15-9-. The van der Waals surface area contributed by atoms with Gasteiger partial charge in [0.1, 0.15) is 0 Å². The molecule has 2 unspecified atom stereocenters. The molecule has 7 heteroatoms. The van der Waals surface area contributed by atoms with E-state index in [0.717, 1.165) is 29.3 Å². The number of aliphatic carboxylic acids is 1. The molecule has 1 aromatic carbocycles. The Labute approximate surface area is 162 Å². The Morgan fingerprint density at radius 2 is 2.04 bits per heavy atom. The van der Waals surface area contributed by atoms with Gasteiger partial charge in [0.15, 0.2) is 0 Å². The Morgan fingerprint density at radius 1 is 1.36 bits per heavy atom. The minimum absolute atomic E-state index is 0.0769. The van der Waals surface area contributed by atoms with E-state index in [4.69, 9.17) is 5.73 Å². The van der Waals surface area contributed by atoms with Crippen LogP contribution in [0.3, 0.4) is 0 Å². The molecule has 0 spiro atoms. The molecular weight excluding hydrogens is 452 g/mol. The number of hydrogen-bond donors (Lipinski definition) is 3. The molecule has 0 aliphatic heterocycles. The lowest BCUT2D eigenvalue weighted by Crippen LogP contribution is -2.27. The number of carbonyl (C=O) groups is 1. The molecule has 2 atom stereocenters. The van der Waals surface area contributed by atoms with Gasteiger partial charge >= 0.3 is 5.97 Å². The first kappa shape index (κ1) is 20.6. The smallest absolute Gasteiger partial charge is 0.332 e. The Bertz CT molecular complexity index is 685. The van der Waals surface area contributed by atoms with Gasteiger partial charge in [-0.25, -0.2) is 4.79 Å². The van der Waals surface area contributed by atoms with Crippen molar-refractivity contribution in [1.29, 1.82) is 0 Å². The highest BCUT2D eigenvalue weighted by atomic mass is 127. The zero-order chi connectivity index (χ0) is 18.4. The molecule has 1 aliphatic rings. The van der Waals surface area contributed by atoms with E-state index < -0.39 is 25.3 Å². The maximum absolute atomic E-state index is 12.7. The second kappa shape index (κ2) is 9.31. The molecule has 0 amide bonds. The lowest BCUT2D eigenvalue weighted by Gasteiger charge is -2.27. The van der Waals surface area contributed by atoms with Crippen LogP contribution in [0.5, 0.6) is 0 Å².